The van der Waals surface area contributed by atoms with Crippen LogP contribution in [0.15, 0.2) is 66.1 Å². The van der Waals surface area contributed by atoms with Gasteiger partial charge >= 0.3 is 0 Å². The van der Waals surface area contributed by atoms with Crippen molar-refractivity contribution in [2.75, 3.05) is 0 Å². The van der Waals surface area contributed by atoms with E-state index in [4.69, 9.17) is 28.7 Å². The Morgan fingerprint density at radius 3 is 2.75 bits per heavy atom. The zero-order valence-electron chi connectivity index (χ0n) is 18.0. The van der Waals surface area contributed by atoms with Gasteiger partial charge in [0.2, 0.25) is 5.05 Å². The minimum Gasteiger partial charge on any atom is -0.347 e. The number of hydrogen-bond acceptors (Lipinski definition) is 4. The molecule has 1 aliphatic rings. The number of benzene rings is 2. The molecule has 0 spiro atoms. The highest BCUT2D eigenvalue weighted by atomic mass is 35.5. The summed E-state index contributed by atoms with van der Waals surface area (Å²) in [5, 5.41) is 6.86. The highest BCUT2D eigenvalue weighted by Crippen LogP contribution is 2.35. The van der Waals surface area contributed by atoms with Crippen molar-refractivity contribution in [3.63, 3.8) is 0 Å². The fraction of sp³-hybridized carbons (Fsp3) is 0.240. The van der Waals surface area contributed by atoms with Crippen LogP contribution in [0, 0.1) is 12.8 Å². The van der Waals surface area contributed by atoms with Crippen LogP contribution in [0.5, 0.6) is 0 Å². The molecule has 0 bridgehead atoms. The molecule has 0 fully saturated rings. The highest BCUT2D eigenvalue weighted by Gasteiger charge is 2.31. The number of aryl methyl sites for hydroxylation is 2. The van der Waals surface area contributed by atoms with Gasteiger partial charge in [-0.15, -0.1) is 0 Å². The van der Waals surface area contributed by atoms with Gasteiger partial charge in [0.25, 0.3) is 0 Å². The lowest BCUT2D eigenvalue weighted by molar-refractivity contribution is 0.330. The van der Waals surface area contributed by atoms with Gasteiger partial charge < -0.3 is 14.0 Å². The van der Waals surface area contributed by atoms with Crippen LogP contribution in [-0.2, 0) is 24.9 Å². The summed E-state index contributed by atoms with van der Waals surface area (Å²) in [5.74, 6) is 1.18. The summed E-state index contributed by atoms with van der Waals surface area (Å²) in [6.07, 6.45) is 5.82. The van der Waals surface area contributed by atoms with Crippen molar-refractivity contribution in [1.29, 1.82) is 0 Å². The van der Waals surface area contributed by atoms with E-state index in [0.29, 0.717) is 10.1 Å². The summed E-state index contributed by atoms with van der Waals surface area (Å²) in [5.41, 5.74) is 5.36. The standard InChI is InChI=1S/C25H23ClN4OS/c1-16-27-13-14-30(16)15-18-9-12-22-23(20-5-3-4-6-21(20)29(22)2)24(18)28-31-25(32)17-7-10-19(26)11-8-17/h3-8,10-11,13-14,18H,9,12,15H2,1-2H3. The van der Waals surface area contributed by atoms with E-state index in [1.165, 1.54) is 16.6 Å². The van der Waals surface area contributed by atoms with E-state index in [2.05, 4.69) is 50.6 Å². The van der Waals surface area contributed by atoms with Gasteiger partial charge in [-0.3, -0.25) is 0 Å². The molecular formula is C25H23ClN4OS. The average Bonchev–Trinajstić information content (AvgIpc) is 3.34. The van der Waals surface area contributed by atoms with Crippen molar-refractivity contribution in [3.05, 3.63) is 88.6 Å². The van der Waals surface area contributed by atoms with E-state index in [-0.39, 0.29) is 5.92 Å². The van der Waals surface area contributed by atoms with Crippen LogP contribution in [0.3, 0.4) is 0 Å². The fourth-order valence-electron chi connectivity index (χ4n) is 4.54. The Morgan fingerprint density at radius 1 is 1.22 bits per heavy atom. The molecule has 1 atom stereocenters. The SMILES string of the molecule is Cc1nccn1CC1CCc2c(c3ccccc3n2C)C1=NOC(=S)c1ccc(Cl)cc1. The fourth-order valence-corrected chi connectivity index (χ4v) is 4.84. The van der Waals surface area contributed by atoms with Gasteiger partial charge in [0.1, 0.15) is 5.82 Å². The molecule has 0 N–H and O–H groups in total. The van der Waals surface area contributed by atoms with E-state index in [1.807, 2.05) is 31.5 Å². The maximum Gasteiger partial charge on any atom is 0.228 e. The molecule has 5 nitrogen and oxygen atoms in total. The maximum absolute atomic E-state index is 6.01. The topological polar surface area (TPSA) is 44.3 Å². The first-order chi connectivity index (χ1) is 15.5. The normalized spacial score (nSPS) is 17.0. The van der Waals surface area contributed by atoms with E-state index in [9.17, 15) is 0 Å². The molecule has 1 aliphatic carbocycles. The number of rotatable bonds is 4. The zero-order chi connectivity index (χ0) is 22.2. The lowest BCUT2D eigenvalue weighted by Gasteiger charge is -2.26. The Hall–Kier alpha value is -2.96. The second-order valence-corrected chi connectivity index (χ2v) is 8.93. The van der Waals surface area contributed by atoms with Crippen molar-refractivity contribution < 1.29 is 4.84 Å². The molecule has 0 saturated carbocycles. The molecule has 4 aromatic rings. The molecule has 32 heavy (non-hydrogen) atoms. The molecule has 0 aliphatic heterocycles. The van der Waals surface area contributed by atoms with Gasteiger partial charge in [-0.1, -0.05) is 35.0 Å². The second-order valence-electron chi connectivity index (χ2n) is 8.12. The number of oxime groups is 1. The number of thiocarbonyl (C=S) groups is 1. The molecule has 0 amide bonds. The molecule has 0 saturated heterocycles. The minimum absolute atomic E-state index is 0.189. The third-order valence-electron chi connectivity index (χ3n) is 6.25. The number of aromatic nitrogens is 3. The summed E-state index contributed by atoms with van der Waals surface area (Å²) in [4.78, 5) is 10.2. The van der Waals surface area contributed by atoms with E-state index >= 15 is 0 Å². The summed E-state index contributed by atoms with van der Waals surface area (Å²) in [7, 11) is 2.12. The Balaban J connectivity index is 1.57. The minimum atomic E-state index is 0.189. The van der Waals surface area contributed by atoms with Crippen LogP contribution in [0.25, 0.3) is 10.9 Å². The van der Waals surface area contributed by atoms with E-state index in [1.54, 1.807) is 12.1 Å². The summed E-state index contributed by atoms with van der Waals surface area (Å²) in [6, 6.07) is 15.8. The van der Waals surface area contributed by atoms with Gasteiger partial charge in [-0.25, -0.2) is 4.98 Å². The molecule has 2 aromatic heterocycles. The van der Waals surface area contributed by atoms with Crippen molar-refractivity contribution in [2.45, 2.75) is 26.3 Å². The first-order valence-corrected chi connectivity index (χ1v) is 11.4. The van der Waals surface area contributed by atoms with Crippen LogP contribution in [0.4, 0.5) is 0 Å². The Bertz CT molecular complexity index is 1340. The van der Waals surface area contributed by atoms with Gasteiger partial charge in [-0.2, -0.15) is 0 Å². The molecule has 5 rings (SSSR count). The third kappa shape index (κ3) is 3.74. The van der Waals surface area contributed by atoms with Crippen LogP contribution >= 0.6 is 23.8 Å². The van der Waals surface area contributed by atoms with E-state index in [0.717, 1.165) is 42.0 Å². The molecular weight excluding hydrogens is 440 g/mol. The highest BCUT2D eigenvalue weighted by molar-refractivity contribution is 7.80. The first kappa shape index (κ1) is 20.9. The van der Waals surface area contributed by atoms with Crippen molar-refractivity contribution in [3.8, 4) is 0 Å². The summed E-state index contributed by atoms with van der Waals surface area (Å²) >= 11 is 11.5. The molecule has 162 valence electrons. The Labute approximate surface area is 197 Å². The molecule has 2 heterocycles. The Morgan fingerprint density at radius 2 is 2.00 bits per heavy atom. The van der Waals surface area contributed by atoms with Gasteiger partial charge in [0.05, 0.1) is 5.71 Å². The number of nitrogens with zero attached hydrogens (tertiary/aromatic N) is 4. The first-order valence-electron chi connectivity index (χ1n) is 10.6. The lowest BCUT2D eigenvalue weighted by Crippen LogP contribution is -2.28. The van der Waals surface area contributed by atoms with Crippen molar-refractivity contribution in [1.82, 2.24) is 14.1 Å². The quantitative estimate of drug-likeness (QED) is 0.289. The van der Waals surface area contributed by atoms with Gasteiger partial charge in [0.15, 0.2) is 0 Å². The lowest BCUT2D eigenvalue weighted by atomic mass is 9.84. The van der Waals surface area contributed by atoms with Gasteiger partial charge in [-0.05, 0) is 62.3 Å². The molecule has 7 heteroatoms. The predicted octanol–water partition coefficient (Wildman–Crippen LogP) is 5.70. The number of halogens is 1. The molecule has 0 radical (unpaired) electrons. The second kappa shape index (κ2) is 8.52. The number of fused-ring (bicyclic) bond motifs is 3. The average molecular weight is 463 g/mol. The third-order valence-corrected chi connectivity index (χ3v) is 6.81. The van der Waals surface area contributed by atoms with Crippen LogP contribution in [0.1, 0.15) is 29.1 Å². The van der Waals surface area contributed by atoms with E-state index < -0.39 is 0 Å². The van der Waals surface area contributed by atoms with Gasteiger partial charge in [0, 0.05) is 64.7 Å². The zero-order valence-corrected chi connectivity index (χ0v) is 19.5. The largest absolute Gasteiger partial charge is 0.347 e. The Kier molecular flexibility index (Phi) is 5.57. The molecule has 1 unspecified atom stereocenters. The predicted molar refractivity (Wildman–Crippen MR) is 132 cm³/mol. The van der Waals surface area contributed by atoms with Crippen molar-refractivity contribution >= 4 is 45.5 Å². The van der Waals surface area contributed by atoms with Crippen LogP contribution in [-0.4, -0.2) is 24.9 Å². The van der Waals surface area contributed by atoms with Crippen LogP contribution in [0.2, 0.25) is 5.02 Å². The number of imidazole rings is 1. The smallest absolute Gasteiger partial charge is 0.228 e. The van der Waals surface area contributed by atoms with Crippen LogP contribution < -0.4 is 0 Å². The number of hydrogen-bond donors (Lipinski definition) is 0. The van der Waals surface area contributed by atoms with Crippen molar-refractivity contribution in [2.24, 2.45) is 18.1 Å². The maximum atomic E-state index is 6.01. The molecule has 2 aromatic carbocycles. The number of para-hydroxylation sites is 1. The summed E-state index contributed by atoms with van der Waals surface area (Å²) in [6.45, 7) is 2.82. The monoisotopic (exact) mass is 462 g/mol. The summed E-state index contributed by atoms with van der Waals surface area (Å²) < 4.78 is 4.45.